The van der Waals surface area contributed by atoms with Crippen molar-refractivity contribution in [2.45, 2.75) is 45.1 Å². The summed E-state index contributed by atoms with van der Waals surface area (Å²) < 4.78 is 11.4. The quantitative estimate of drug-likeness (QED) is 0.815. The fourth-order valence-corrected chi connectivity index (χ4v) is 3.23. The second kappa shape index (κ2) is 7.88. The zero-order valence-corrected chi connectivity index (χ0v) is 13.9. The summed E-state index contributed by atoms with van der Waals surface area (Å²) in [4.78, 5) is 16.8. The monoisotopic (exact) mass is 322 g/mol. The van der Waals surface area contributed by atoms with Crippen molar-refractivity contribution in [1.29, 1.82) is 0 Å². The third kappa shape index (κ3) is 4.29. The van der Waals surface area contributed by atoms with Gasteiger partial charge in [0.15, 0.2) is 0 Å². The van der Waals surface area contributed by atoms with E-state index >= 15 is 0 Å². The van der Waals surface area contributed by atoms with Gasteiger partial charge in [0, 0.05) is 32.7 Å². The molecular weight excluding hydrogens is 296 g/mol. The Labute approximate surface area is 137 Å². The number of aromatic nitrogens is 2. The van der Waals surface area contributed by atoms with Crippen LogP contribution in [0.2, 0.25) is 0 Å². The Morgan fingerprint density at radius 2 is 2.04 bits per heavy atom. The van der Waals surface area contributed by atoms with Gasteiger partial charge >= 0.3 is 11.8 Å². The van der Waals surface area contributed by atoms with Crippen LogP contribution in [0.5, 0.6) is 0 Å². The fraction of sp³-hybridized carbons (Fsp3) is 0.812. The van der Waals surface area contributed by atoms with Crippen LogP contribution in [-0.2, 0) is 11.2 Å². The van der Waals surface area contributed by atoms with Crippen LogP contribution in [0, 0.1) is 0 Å². The van der Waals surface area contributed by atoms with Crippen molar-refractivity contribution in [3.63, 3.8) is 0 Å². The molecular formula is C16H26N4O3. The van der Waals surface area contributed by atoms with Crippen molar-refractivity contribution in [2.24, 2.45) is 0 Å². The first-order valence-corrected chi connectivity index (χ1v) is 8.72. The van der Waals surface area contributed by atoms with Gasteiger partial charge in [-0.2, -0.15) is 0 Å². The average molecular weight is 322 g/mol. The lowest BCUT2D eigenvalue weighted by atomic mass is 10.3. The zero-order chi connectivity index (χ0) is 16.1. The Bertz CT molecular complexity index is 513. The van der Waals surface area contributed by atoms with Gasteiger partial charge in [-0.1, -0.05) is 6.92 Å². The van der Waals surface area contributed by atoms with Gasteiger partial charge in [0.25, 0.3) is 0 Å². The lowest BCUT2D eigenvalue weighted by molar-refractivity contribution is 0.0288. The van der Waals surface area contributed by atoms with Gasteiger partial charge in [0.2, 0.25) is 5.89 Å². The normalized spacial score (nSPS) is 23.2. The highest BCUT2D eigenvalue weighted by Gasteiger charge is 2.28. The number of nitrogens with zero attached hydrogens (tertiary/aromatic N) is 4. The smallest absolute Gasteiger partial charge is 0.311 e. The van der Waals surface area contributed by atoms with E-state index in [0.29, 0.717) is 32.0 Å². The van der Waals surface area contributed by atoms with Crippen molar-refractivity contribution in [1.82, 2.24) is 20.0 Å². The lowest BCUT2D eigenvalue weighted by Crippen LogP contribution is -2.42. The molecule has 0 aromatic carbocycles. The number of ether oxygens (including phenoxy) is 1. The maximum absolute atomic E-state index is 12.6. The van der Waals surface area contributed by atoms with Crippen LogP contribution in [-0.4, -0.2) is 71.3 Å². The van der Waals surface area contributed by atoms with E-state index < -0.39 is 0 Å². The van der Waals surface area contributed by atoms with Gasteiger partial charge in [0.1, 0.15) is 0 Å². The van der Waals surface area contributed by atoms with E-state index in [0.717, 1.165) is 32.5 Å². The van der Waals surface area contributed by atoms with Gasteiger partial charge in [-0.25, -0.2) is 0 Å². The fourth-order valence-electron chi connectivity index (χ4n) is 3.23. The summed E-state index contributed by atoms with van der Waals surface area (Å²) in [6, 6.07) is 0. The first kappa shape index (κ1) is 16.4. The summed E-state index contributed by atoms with van der Waals surface area (Å²) in [5.74, 6) is 0.475. The highest BCUT2D eigenvalue weighted by Crippen LogP contribution is 2.14. The van der Waals surface area contributed by atoms with E-state index in [-0.39, 0.29) is 17.9 Å². The summed E-state index contributed by atoms with van der Waals surface area (Å²) in [6.07, 6.45) is 5.07. The van der Waals surface area contributed by atoms with Gasteiger partial charge in [0.05, 0.1) is 6.10 Å². The average Bonchev–Trinajstić information content (AvgIpc) is 3.16. The van der Waals surface area contributed by atoms with Crippen molar-refractivity contribution >= 4 is 5.91 Å². The molecule has 7 heteroatoms. The molecule has 0 aliphatic carbocycles. The summed E-state index contributed by atoms with van der Waals surface area (Å²) in [5.41, 5.74) is 0. The Balaban J connectivity index is 1.61. The molecule has 1 aromatic rings. The molecule has 0 radical (unpaired) electrons. The molecule has 128 valence electrons. The Morgan fingerprint density at radius 1 is 1.22 bits per heavy atom. The minimum absolute atomic E-state index is 0.0672. The first-order valence-electron chi connectivity index (χ1n) is 8.72. The summed E-state index contributed by atoms with van der Waals surface area (Å²) in [7, 11) is 0. The largest absolute Gasteiger partial charge is 0.417 e. The van der Waals surface area contributed by atoms with Crippen LogP contribution in [0.3, 0.4) is 0 Å². The first-order chi connectivity index (χ1) is 11.3. The van der Waals surface area contributed by atoms with Crippen molar-refractivity contribution in [2.75, 3.05) is 39.3 Å². The van der Waals surface area contributed by atoms with Crippen molar-refractivity contribution in [3.05, 3.63) is 11.8 Å². The third-order valence-corrected chi connectivity index (χ3v) is 4.41. The molecule has 7 nitrogen and oxygen atoms in total. The molecule has 2 saturated heterocycles. The van der Waals surface area contributed by atoms with Crippen LogP contribution < -0.4 is 0 Å². The predicted molar refractivity (Wildman–Crippen MR) is 84.2 cm³/mol. The molecule has 3 heterocycles. The lowest BCUT2D eigenvalue weighted by Gasteiger charge is -2.26. The SMILES string of the molecule is CCCc1nnc(C(=O)N2CCCOC(CN3CCCC3)C2)o1. The standard InChI is InChI=1S/C16H26N4O3/c1-2-6-14-17-18-15(23-14)16(21)20-9-5-10-22-13(12-20)11-19-7-3-4-8-19/h13H,2-12H2,1H3. The van der Waals surface area contributed by atoms with Crippen LogP contribution in [0.25, 0.3) is 0 Å². The molecule has 2 aliphatic rings. The van der Waals surface area contributed by atoms with Crippen molar-refractivity contribution in [3.8, 4) is 0 Å². The summed E-state index contributed by atoms with van der Waals surface area (Å²) >= 11 is 0. The molecule has 0 N–H and O–H groups in total. The Kier molecular flexibility index (Phi) is 5.61. The minimum Gasteiger partial charge on any atom is -0.417 e. The maximum Gasteiger partial charge on any atom is 0.311 e. The van der Waals surface area contributed by atoms with Gasteiger partial charge in [-0.05, 0) is 38.8 Å². The van der Waals surface area contributed by atoms with Gasteiger partial charge < -0.3 is 19.0 Å². The molecule has 2 fully saturated rings. The van der Waals surface area contributed by atoms with E-state index in [9.17, 15) is 4.79 Å². The van der Waals surface area contributed by atoms with Crippen LogP contribution in [0.4, 0.5) is 0 Å². The van der Waals surface area contributed by atoms with E-state index in [2.05, 4.69) is 15.1 Å². The number of carbonyl (C=O) groups is 1. The Hall–Kier alpha value is -1.47. The second-order valence-electron chi connectivity index (χ2n) is 6.36. The molecule has 1 unspecified atom stereocenters. The number of hydrogen-bond acceptors (Lipinski definition) is 6. The molecule has 3 rings (SSSR count). The van der Waals surface area contributed by atoms with E-state index in [1.165, 1.54) is 12.8 Å². The topological polar surface area (TPSA) is 71.7 Å². The van der Waals surface area contributed by atoms with E-state index in [4.69, 9.17) is 9.15 Å². The number of hydrogen-bond donors (Lipinski definition) is 0. The summed E-state index contributed by atoms with van der Waals surface area (Å²) in [5, 5.41) is 7.85. The zero-order valence-electron chi connectivity index (χ0n) is 13.9. The molecule has 1 amide bonds. The van der Waals surface area contributed by atoms with Crippen LogP contribution in [0.1, 0.15) is 49.2 Å². The molecule has 0 bridgehead atoms. The molecule has 0 saturated carbocycles. The Morgan fingerprint density at radius 3 is 2.83 bits per heavy atom. The number of likely N-dealkylation sites (tertiary alicyclic amines) is 1. The number of amides is 1. The van der Waals surface area contributed by atoms with E-state index in [1.54, 1.807) is 4.90 Å². The molecule has 2 aliphatic heterocycles. The van der Waals surface area contributed by atoms with Crippen molar-refractivity contribution < 1.29 is 13.9 Å². The maximum atomic E-state index is 12.6. The molecule has 1 atom stereocenters. The molecule has 23 heavy (non-hydrogen) atoms. The highest BCUT2D eigenvalue weighted by molar-refractivity contribution is 5.89. The van der Waals surface area contributed by atoms with E-state index in [1.807, 2.05) is 6.92 Å². The predicted octanol–water partition coefficient (Wildman–Crippen LogP) is 1.35. The molecule has 1 aromatic heterocycles. The molecule has 0 spiro atoms. The number of carbonyl (C=O) groups excluding carboxylic acids is 1. The van der Waals surface area contributed by atoms with Gasteiger partial charge in [-0.15, -0.1) is 10.2 Å². The number of rotatable bonds is 5. The van der Waals surface area contributed by atoms with Crippen LogP contribution >= 0.6 is 0 Å². The summed E-state index contributed by atoms with van der Waals surface area (Å²) in [6.45, 7) is 7.19. The highest BCUT2D eigenvalue weighted by atomic mass is 16.5. The minimum atomic E-state index is -0.170. The third-order valence-electron chi connectivity index (χ3n) is 4.41. The number of aryl methyl sites for hydroxylation is 1. The van der Waals surface area contributed by atoms with Crippen LogP contribution in [0.15, 0.2) is 4.42 Å². The van der Waals surface area contributed by atoms with Gasteiger partial charge in [-0.3, -0.25) is 4.79 Å². The second-order valence-corrected chi connectivity index (χ2v) is 6.36.